The standard InChI is InChI=1S/C25H33FN2O5/c1-31-13-12-28(25(30)21-7-9-22(26)10-8-21)17-24-16-27(11-14-33-24)15-23(29)19-32-18-20-5-3-2-4-6-20/h2-10,23-24,29H,11-19H2,1H3/t23-,24-/m1/s1. The Labute approximate surface area is 194 Å². The number of morpholine rings is 1. The summed E-state index contributed by atoms with van der Waals surface area (Å²) in [6.07, 6.45) is -0.810. The molecule has 0 saturated carbocycles. The number of nitrogens with zero attached hydrogens (tertiary/aromatic N) is 2. The average molecular weight is 461 g/mol. The second-order valence-electron chi connectivity index (χ2n) is 8.16. The number of β-amino-alcohol motifs (C(OH)–C–C–N with tert-alkyl or cyclic N) is 1. The van der Waals surface area contributed by atoms with E-state index in [-0.39, 0.29) is 24.4 Å². The first kappa shape index (κ1) is 25.3. The minimum Gasteiger partial charge on any atom is -0.389 e. The van der Waals surface area contributed by atoms with Crippen LogP contribution in [0, 0.1) is 5.82 Å². The quantitative estimate of drug-likeness (QED) is 0.524. The maximum absolute atomic E-state index is 13.2. The van der Waals surface area contributed by atoms with Crippen LogP contribution in [0.3, 0.4) is 0 Å². The zero-order valence-electron chi connectivity index (χ0n) is 19.1. The summed E-state index contributed by atoms with van der Waals surface area (Å²) in [7, 11) is 1.58. The summed E-state index contributed by atoms with van der Waals surface area (Å²) in [5.41, 5.74) is 1.49. The van der Waals surface area contributed by atoms with E-state index < -0.39 is 6.10 Å². The summed E-state index contributed by atoms with van der Waals surface area (Å²) in [6.45, 7) is 4.18. The van der Waals surface area contributed by atoms with E-state index in [0.717, 1.165) is 5.56 Å². The molecule has 0 bridgehead atoms. The van der Waals surface area contributed by atoms with Crippen molar-refractivity contribution in [2.24, 2.45) is 0 Å². The van der Waals surface area contributed by atoms with Crippen molar-refractivity contribution < 1.29 is 28.5 Å². The van der Waals surface area contributed by atoms with E-state index in [0.29, 0.717) is 58.1 Å². The summed E-state index contributed by atoms with van der Waals surface area (Å²) in [6, 6.07) is 15.4. The van der Waals surface area contributed by atoms with Crippen LogP contribution in [0.4, 0.5) is 4.39 Å². The van der Waals surface area contributed by atoms with Gasteiger partial charge >= 0.3 is 0 Å². The van der Waals surface area contributed by atoms with Gasteiger partial charge in [-0.3, -0.25) is 9.69 Å². The van der Waals surface area contributed by atoms with Crippen molar-refractivity contribution in [1.29, 1.82) is 0 Å². The number of benzene rings is 2. The highest BCUT2D eigenvalue weighted by atomic mass is 19.1. The van der Waals surface area contributed by atoms with Crippen LogP contribution in [0.2, 0.25) is 0 Å². The Kier molecular flexibility index (Phi) is 10.2. The van der Waals surface area contributed by atoms with Crippen molar-refractivity contribution in [1.82, 2.24) is 9.80 Å². The third-order valence-electron chi connectivity index (χ3n) is 5.48. The summed E-state index contributed by atoms with van der Waals surface area (Å²) >= 11 is 0. The van der Waals surface area contributed by atoms with Crippen LogP contribution in [0.25, 0.3) is 0 Å². The van der Waals surface area contributed by atoms with Crippen molar-refractivity contribution in [2.75, 3.05) is 59.7 Å². The highest BCUT2D eigenvalue weighted by Gasteiger charge is 2.26. The molecule has 1 fully saturated rings. The Morgan fingerprint density at radius 1 is 1.24 bits per heavy atom. The van der Waals surface area contributed by atoms with Gasteiger partial charge in [-0.2, -0.15) is 0 Å². The molecule has 0 aromatic heterocycles. The summed E-state index contributed by atoms with van der Waals surface area (Å²) in [4.78, 5) is 16.7. The SMILES string of the molecule is COCCN(C[C@H]1CN(C[C@@H](O)COCc2ccccc2)CCO1)C(=O)c1ccc(F)cc1. The lowest BCUT2D eigenvalue weighted by Crippen LogP contribution is -2.51. The van der Waals surface area contributed by atoms with Gasteiger partial charge in [0.1, 0.15) is 5.82 Å². The smallest absolute Gasteiger partial charge is 0.254 e. The number of amides is 1. The molecule has 180 valence electrons. The molecule has 2 aromatic carbocycles. The molecule has 1 amide bonds. The first-order valence-corrected chi connectivity index (χ1v) is 11.2. The molecule has 1 aliphatic rings. The van der Waals surface area contributed by atoms with Crippen LogP contribution in [-0.4, -0.2) is 92.7 Å². The number of carbonyl (C=O) groups excluding carboxylic acids is 1. The molecule has 1 heterocycles. The lowest BCUT2D eigenvalue weighted by Gasteiger charge is -2.36. The molecule has 1 aliphatic heterocycles. The van der Waals surface area contributed by atoms with Gasteiger partial charge < -0.3 is 24.2 Å². The topological polar surface area (TPSA) is 71.5 Å². The molecular formula is C25H33FN2O5. The van der Waals surface area contributed by atoms with Gasteiger partial charge in [0.05, 0.1) is 38.6 Å². The Balaban J connectivity index is 1.48. The van der Waals surface area contributed by atoms with Crippen molar-refractivity contribution in [3.05, 3.63) is 71.5 Å². The van der Waals surface area contributed by atoms with E-state index in [2.05, 4.69) is 4.90 Å². The fourth-order valence-corrected chi connectivity index (χ4v) is 3.79. The van der Waals surface area contributed by atoms with Crippen LogP contribution in [0.1, 0.15) is 15.9 Å². The van der Waals surface area contributed by atoms with Crippen molar-refractivity contribution in [2.45, 2.75) is 18.8 Å². The molecule has 2 aromatic rings. The van der Waals surface area contributed by atoms with Gasteiger partial charge in [0.25, 0.3) is 5.91 Å². The molecule has 0 unspecified atom stereocenters. The minimum atomic E-state index is -0.613. The van der Waals surface area contributed by atoms with Gasteiger partial charge in [0.2, 0.25) is 0 Å². The number of ether oxygens (including phenoxy) is 3. The van der Waals surface area contributed by atoms with Crippen LogP contribution in [0.15, 0.2) is 54.6 Å². The number of carbonyl (C=O) groups is 1. The fraction of sp³-hybridized carbons (Fsp3) is 0.480. The molecule has 3 rings (SSSR count). The Morgan fingerprint density at radius 3 is 2.73 bits per heavy atom. The van der Waals surface area contributed by atoms with E-state index in [1.807, 2.05) is 30.3 Å². The Bertz CT molecular complexity index is 836. The maximum atomic E-state index is 13.2. The maximum Gasteiger partial charge on any atom is 0.254 e. The summed E-state index contributed by atoms with van der Waals surface area (Å²) < 4.78 is 29.9. The van der Waals surface area contributed by atoms with Gasteiger partial charge in [0, 0.05) is 45.4 Å². The molecule has 0 aliphatic carbocycles. The number of methoxy groups -OCH3 is 1. The Morgan fingerprint density at radius 2 is 2.00 bits per heavy atom. The largest absolute Gasteiger partial charge is 0.389 e. The second-order valence-corrected chi connectivity index (χ2v) is 8.16. The third-order valence-corrected chi connectivity index (χ3v) is 5.48. The van der Waals surface area contributed by atoms with Crippen molar-refractivity contribution in [3.8, 4) is 0 Å². The predicted octanol–water partition coefficient (Wildman–Crippen LogP) is 2.19. The highest BCUT2D eigenvalue weighted by molar-refractivity contribution is 5.94. The van der Waals surface area contributed by atoms with E-state index in [1.165, 1.54) is 24.3 Å². The van der Waals surface area contributed by atoms with Gasteiger partial charge in [-0.05, 0) is 29.8 Å². The van der Waals surface area contributed by atoms with Crippen molar-refractivity contribution >= 4 is 5.91 Å². The van der Waals surface area contributed by atoms with E-state index >= 15 is 0 Å². The first-order chi connectivity index (χ1) is 16.0. The summed E-state index contributed by atoms with van der Waals surface area (Å²) in [5.74, 6) is -0.574. The number of halogens is 1. The lowest BCUT2D eigenvalue weighted by atomic mass is 10.1. The number of hydrogen-bond donors (Lipinski definition) is 1. The first-order valence-electron chi connectivity index (χ1n) is 11.2. The molecule has 2 atom stereocenters. The van der Waals surface area contributed by atoms with Crippen LogP contribution in [-0.2, 0) is 20.8 Å². The van der Waals surface area contributed by atoms with Gasteiger partial charge in [-0.1, -0.05) is 30.3 Å². The molecule has 0 radical (unpaired) electrons. The van der Waals surface area contributed by atoms with E-state index in [9.17, 15) is 14.3 Å². The molecular weight excluding hydrogens is 427 g/mol. The average Bonchev–Trinajstić information content (AvgIpc) is 2.83. The van der Waals surface area contributed by atoms with Crippen molar-refractivity contribution in [3.63, 3.8) is 0 Å². The number of rotatable bonds is 12. The van der Waals surface area contributed by atoms with Crippen LogP contribution < -0.4 is 0 Å². The minimum absolute atomic E-state index is 0.192. The number of hydrogen-bond acceptors (Lipinski definition) is 6. The lowest BCUT2D eigenvalue weighted by molar-refractivity contribution is -0.0605. The van der Waals surface area contributed by atoms with Gasteiger partial charge in [-0.15, -0.1) is 0 Å². The number of aliphatic hydroxyl groups excluding tert-OH is 1. The molecule has 0 spiro atoms. The fourth-order valence-electron chi connectivity index (χ4n) is 3.79. The van der Waals surface area contributed by atoms with Gasteiger partial charge in [-0.25, -0.2) is 4.39 Å². The zero-order chi connectivity index (χ0) is 23.5. The molecule has 8 heteroatoms. The van der Waals surface area contributed by atoms with Gasteiger partial charge in [0.15, 0.2) is 0 Å². The normalized spacial score (nSPS) is 17.6. The molecule has 33 heavy (non-hydrogen) atoms. The molecule has 1 saturated heterocycles. The molecule has 1 N–H and O–H groups in total. The van der Waals surface area contributed by atoms with Crippen LogP contribution >= 0.6 is 0 Å². The monoisotopic (exact) mass is 460 g/mol. The zero-order valence-corrected chi connectivity index (χ0v) is 19.1. The summed E-state index contributed by atoms with van der Waals surface area (Å²) in [5, 5.41) is 10.4. The van der Waals surface area contributed by atoms with Crippen LogP contribution in [0.5, 0.6) is 0 Å². The predicted molar refractivity (Wildman–Crippen MR) is 122 cm³/mol. The van der Waals surface area contributed by atoms with E-state index in [1.54, 1.807) is 12.0 Å². The number of aliphatic hydroxyl groups is 1. The second kappa shape index (κ2) is 13.4. The molecule has 7 nitrogen and oxygen atoms in total. The Hall–Kier alpha value is -2.36. The highest BCUT2D eigenvalue weighted by Crippen LogP contribution is 2.12. The van der Waals surface area contributed by atoms with E-state index in [4.69, 9.17) is 14.2 Å². The third kappa shape index (κ3) is 8.49.